The second-order valence-corrected chi connectivity index (χ2v) is 5.12. The Morgan fingerprint density at radius 3 is 2.32 bits per heavy atom. The summed E-state index contributed by atoms with van der Waals surface area (Å²) >= 11 is 3.45. The molecule has 1 nitrogen and oxygen atoms in total. The molecule has 0 fully saturated rings. The molecule has 0 aromatic heterocycles. The van der Waals surface area contributed by atoms with E-state index in [9.17, 15) is 0 Å². The lowest BCUT2D eigenvalue weighted by atomic mass is 10.1. The smallest absolute Gasteiger partial charge is 0.0695 e. The summed E-state index contributed by atoms with van der Waals surface area (Å²) in [6, 6.07) is 16.4. The van der Waals surface area contributed by atoms with Crippen LogP contribution in [0.3, 0.4) is 0 Å². The lowest BCUT2D eigenvalue weighted by Crippen LogP contribution is -2.08. The molecule has 0 amide bonds. The zero-order valence-electron chi connectivity index (χ0n) is 10.6. The fourth-order valence-electron chi connectivity index (χ4n) is 1.92. The number of halogens is 1. The van der Waals surface area contributed by atoms with Crippen LogP contribution in [0.2, 0.25) is 0 Å². The number of nitrogens with one attached hydrogen (secondary N) is 1. The molecule has 2 aromatic carbocycles. The molecule has 2 heteroatoms. The molecular formula is C17H16BrN. The fraction of sp³-hybridized carbons (Fsp3) is 0.0588. The van der Waals surface area contributed by atoms with Crippen LogP contribution >= 0.6 is 15.9 Å². The second-order valence-electron chi connectivity index (χ2n) is 4.20. The quantitative estimate of drug-likeness (QED) is 0.726. The number of hydrogen-bond acceptors (Lipinski definition) is 1. The highest BCUT2D eigenvalue weighted by Crippen LogP contribution is 2.25. The first kappa shape index (κ1) is 13.6. The highest BCUT2D eigenvalue weighted by atomic mass is 79.9. The average molecular weight is 314 g/mol. The maximum Gasteiger partial charge on any atom is 0.0695 e. The van der Waals surface area contributed by atoms with Gasteiger partial charge in [-0.05, 0) is 29.3 Å². The third-order valence-corrected chi connectivity index (χ3v) is 3.49. The lowest BCUT2D eigenvalue weighted by Gasteiger charge is -2.18. The van der Waals surface area contributed by atoms with Crippen LogP contribution in [0.5, 0.6) is 0 Å². The van der Waals surface area contributed by atoms with Crippen molar-refractivity contribution >= 4 is 27.7 Å². The highest BCUT2D eigenvalue weighted by molar-refractivity contribution is 9.10. The predicted octanol–water partition coefficient (Wildman–Crippen LogP) is 5.43. The van der Waals surface area contributed by atoms with Gasteiger partial charge in [-0.3, -0.25) is 0 Å². The number of anilines is 1. The van der Waals surface area contributed by atoms with Crippen molar-refractivity contribution in [1.82, 2.24) is 0 Å². The molecule has 0 heterocycles. The third kappa shape index (κ3) is 3.36. The summed E-state index contributed by atoms with van der Waals surface area (Å²) in [6.45, 7) is 7.75. The van der Waals surface area contributed by atoms with Gasteiger partial charge in [-0.1, -0.05) is 65.0 Å². The third-order valence-electron chi connectivity index (χ3n) is 2.96. The molecular weight excluding hydrogens is 298 g/mol. The number of para-hydroxylation sites is 1. The first-order chi connectivity index (χ1) is 9.24. The van der Waals surface area contributed by atoms with E-state index in [1.165, 1.54) is 5.56 Å². The Bertz CT molecular complexity index is 572. The van der Waals surface area contributed by atoms with Gasteiger partial charge < -0.3 is 5.32 Å². The van der Waals surface area contributed by atoms with Crippen molar-refractivity contribution in [3.05, 3.63) is 83.4 Å². The number of benzene rings is 2. The van der Waals surface area contributed by atoms with Crippen molar-refractivity contribution in [2.24, 2.45) is 0 Å². The summed E-state index contributed by atoms with van der Waals surface area (Å²) in [4.78, 5) is 0. The van der Waals surface area contributed by atoms with E-state index in [4.69, 9.17) is 0 Å². The second kappa shape index (κ2) is 6.39. The van der Waals surface area contributed by atoms with Gasteiger partial charge in [0.15, 0.2) is 0 Å². The fourth-order valence-corrected chi connectivity index (χ4v) is 2.19. The molecule has 2 rings (SSSR count). The van der Waals surface area contributed by atoms with Crippen LogP contribution in [0.4, 0.5) is 5.69 Å². The average Bonchev–Trinajstić information content (AvgIpc) is 2.46. The lowest BCUT2D eigenvalue weighted by molar-refractivity contribution is 0.986. The van der Waals surface area contributed by atoms with Gasteiger partial charge in [0, 0.05) is 10.2 Å². The van der Waals surface area contributed by atoms with Crippen LogP contribution in [0.1, 0.15) is 17.2 Å². The van der Waals surface area contributed by atoms with E-state index in [1.807, 2.05) is 48.6 Å². The minimum Gasteiger partial charge on any atom is -0.374 e. The normalized spacial score (nSPS) is 11.6. The predicted molar refractivity (Wildman–Crippen MR) is 87.2 cm³/mol. The zero-order chi connectivity index (χ0) is 13.7. The van der Waals surface area contributed by atoms with Crippen molar-refractivity contribution in [2.45, 2.75) is 6.04 Å². The van der Waals surface area contributed by atoms with Gasteiger partial charge in [0.2, 0.25) is 0 Å². The standard InChI is InChI=1S/C17H16BrN/c1-3-13-7-5-6-8-17(13)19-16(4-2)14-9-11-15(18)12-10-14/h3-12,16,19H,1-2H2/t16-/m0/s1. The van der Waals surface area contributed by atoms with Crippen molar-refractivity contribution < 1.29 is 0 Å². The van der Waals surface area contributed by atoms with E-state index in [2.05, 4.69) is 46.5 Å². The van der Waals surface area contributed by atoms with Gasteiger partial charge in [-0.25, -0.2) is 0 Å². The summed E-state index contributed by atoms with van der Waals surface area (Å²) in [7, 11) is 0. The van der Waals surface area contributed by atoms with E-state index in [-0.39, 0.29) is 6.04 Å². The van der Waals surface area contributed by atoms with Crippen LogP contribution in [0.25, 0.3) is 6.08 Å². The SMILES string of the molecule is C=Cc1ccccc1N[C@@H](C=C)c1ccc(Br)cc1. The zero-order valence-corrected chi connectivity index (χ0v) is 12.2. The minimum absolute atomic E-state index is 0.0780. The van der Waals surface area contributed by atoms with Crippen molar-refractivity contribution in [2.75, 3.05) is 5.32 Å². The van der Waals surface area contributed by atoms with Gasteiger partial charge in [0.25, 0.3) is 0 Å². The molecule has 0 aliphatic rings. The maximum absolute atomic E-state index is 3.91. The molecule has 0 saturated carbocycles. The first-order valence-corrected chi connectivity index (χ1v) is 6.90. The van der Waals surface area contributed by atoms with E-state index >= 15 is 0 Å². The topological polar surface area (TPSA) is 12.0 Å². The Morgan fingerprint density at radius 1 is 1.00 bits per heavy atom. The highest BCUT2D eigenvalue weighted by Gasteiger charge is 2.08. The summed E-state index contributed by atoms with van der Waals surface area (Å²) < 4.78 is 1.07. The largest absolute Gasteiger partial charge is 0.374 e. The van der Waals surface area contributed by atoms with Gasteiger partial charge in [0.05, 0.1) is 6.04 Å². The van der Waals surface area contributed by atoms with Crippen molar-refractivity contribution in [1.29, 1.82) is 0 Å². The molecule has 0 unspecified atom stereocenters. The summed E-state index contributed by atoms with van der Waals surface area (Å²) in [6.07, 6.45) is 3.76. The van der Waals surface area contributed by atoms with Crippen molar-refractivity contribution in [3.8, 4) is 0 Å². The molecule has 1 atom stereocenters. The molecule has 96 valence electrons. The van der Waals surface area contributed by atoms with Crippen LogP contribution in [0.15, 0.2) is 72.2 Å². The van der Waals surface area contributed by atoms with Gasteiger partial charge in [-0.2, -0.15) is 0 Å². The monoisotopic (exact) mass is 313 g/mol. The van der Waals surface area contributed by atoms with Crippen LogP contribution < -0.4 is 5.32 Å². The van der Waals surface area contributed by atoms with Crippen molar-refractivity contribution in [3.63, 3.8) is 0 Å². The molecule has 0 aliphatic heterocycles. The molecule has 0 aliphatic carbocycles. The molecule has 0 saturated heterocycles. The molecule has 1 N–H and O–H groups in total. The Kier molecular flexibility index (Phi) is 4.58. The summed E-state index contributed by atoms with van der Waals surface area (Å²) in [5, 5.41) is 3.48. The van der Waals surface area contributed by atoms with E-state index in [1.54, 1.807) is 0 Å². The van der Waals surface area contributed by atoms with E-state index in [0.717, 1.165) is 15.7 Å². The Hall–Kier alpha value is -1.80. The number of rotatable bonds is 5. The molecule has 19 heavy (non-hydrogen) atoms. The van der Waals surface area contributed by atoms with Gasteiger partial charge >= 0.3 is 0 Å². The van der Waals surface area contributed by atoms with E-state index < -0.39 is 0 Å². The maximum atomic E-state index is 3.91. The first-order valence-electron chi connectivity index (χ1n) is 6.10. The Balaban J connectivity index is 2.26. The van der Waals surface area contributed by atoms with Gasteiger partial charge in [0.1, 0.15) is 0 Å². The minimum atomic E-state index is 0.0780. The Labute approximate surface area is 122 Å². The van der Waals surface area contributed by atoms with Gasteiger partial charge in [-0.15, -0.1) is 6.58 Å². The Morgan fingerprint density at radius 2 is 1.68 bits per heavy atom. The summed E-state index contributed by atoms with van der Waals surface area (Å²) in [5.41, 5.74) is 3.33. The van der Waals surface area contributed by atoms with Crippen LogP contribution in [-0.4, -0.2) is 0 Å². The molecule has 0 bridgehead atoms. The van der Waals surface area contributed by atoms with Crippen LogP contribution in [-0.2, 0) is 0 Å². The summed E-state index contributed by atoms with van der Waals surface area (Å²) in [5.74, 6) is 0. The van der Waals surface area contributed by atoms with E-state index in [0.29, 0.717) is 0 Å². The molecule has 0 spiro atoms. The number of hydrogen-bond donors (Lipinski definition) is 1. The van der Waals surface area contributed by atoms with Crippen LogP contribution in [0, 0.1) is 0 Å². The molecule has 0 radical (unpaired) electrons. The molecule has 2 aromatic rings.